The van der Waals surface area contributed by atoms with Gasteiger partial charge in [-0.05, 0) is 6.92 Å². The van der Waals surface area contributed by atoms with Gasteiger partial charge in [0.2, 0.25) is 10.8 Å². The van der Waals surface area contributed by atoms with Gasteiger partial charge in [0, 0.05) is 27.9 Å². The van der Waals surface area contributed by atoms with Gasteiger partial charge in [-0.25, -0.2) is 0 Å². The maximum atomic E-state index is 11.3. The number of carbonyl (C=O) groups is 3. The van der Waals surface area contributed by atoms with Gasteiger partial charge in [-0.3, -0.25) is 14.4 Å². The third-order valence-electron chi connectivity index (χ3n) is 3.05. The molecule has 9 heteroatoms. The molecule has 1 heterocycles. The summed E-state index contributed by atoms with van der Waals surface area (Å²) in [6.45, 7) is 4.58. The molecule has 1 saturated heterocycles. The van der Waals surface area contributed by atoms with Crippen molar-refractivity contribution in [1.29, 1.82) is 0 Å². The summed E-state index contributed by atoms with van der Waals surface area (Å²) in [5.41, 5.74) is 0. The minimum absolute atomic E-state index is 0.418. The summed E-state index contributed by atoms with van der Waals surface area (Å²) in [5.74, 6) is -3.38. The Hall–Kier alpha value is -1.38. The minimum atomic E-state index is -1.75. The Morgan fingerprint density at radius 2 is 1.55 bits per heavy atom. The molecule has 1 aliphatic heterocycles. The molecule has 0 amide bonds. The van der Waals surface area contributed by atoms with Crippen molar-refractivity contribution in [3.05, 3.63) is 0 Å². The third kappa shape index (κ3) is 4.08. The summed E-state index contributed by atoms with van der Waals surface area (Å²) < 4.78 is 25.9. The summed E-state index contributed by atoms with van der Waals surface area (Å²) in [6.07, 6.45) is -2.35. The van der Waals surface area contributed by atoms with Crippen molar-refractivity contribution in [2.45, 2.75) is 50.8 Å². The highest BCUT2D eigenvalue weighted by Crippen LogP contribution is 2.45. The van der Waals surface area contributed by atoms with Crippen LogP contribution in [0.5, 0.6) is 0 Å². The normalized spacial score (nSPS) is 34.1. The zero-order valence-corrected chi connectivity index (χ0v) is 13.8. The first-order chi connectivity index (χ1) is 10.0. The van der Waals surface area contributed by atoms with E-state index in [2.05, 4.69) is 0 Å². The Balaban J connectivity index is 3.16. The second-order valence-corrected chi connectivity index (χ2v) is 5.59. The monoisotopic (exact) mass is 338 g/mol. The number of halogens is 1. The smallest absolute Gasteiger partial charge is 0.303 e. The van der Waals surface area contributed by atoms with Crippen LogP contribution in [0, 0.1) is 0 Å². The van der Waals surface area contributed by atoms with Crippen LogP contribution in [0.2, 0.25) is 0 Å². The van der Waals surface area contributed by atoms with E-state index in [0.717, 1.165) is 6.92 Å². The Bertz CT molecular complexity index is 467. The van der Waals surface area contributed by atoms with E-state index in [4.69, 9.17) is 35.3 Å². The van der Waals surface area contributed by atoms with E-state index in [0.29, 0.717) is 0 Å². The number of hydrogen-bond donors (Lipinski definition) is 0. The first-order valence-electron chi connectivity index (χ1n) is 6.46. The van der Waals surface area contributed by atoms with Gasteiger partial charge in [-0.15, -0.1) is 0 Å². The van der Waals surface area contributed by atoms with Crippen molar-refractivity contribution in [1.82, 2.24) is 0 Å². The van der Waals surface area contributed by atoms with Gasteiger partial charge in [0.05, 0.1) is 0 Å². The molecule has 1 unspecified atom stereocenters. The van der Waals surface area contributed by atoms with Crippen LogP contribution in [0.1, 0.15) is 27.7 Å². The van der Waals surface area contributed by atoms with E-state index in [-0.39, 0.29) is 0 Å². The molecular weight excluding hydrogens is 320 g/mol. The van der Waals surface area contributed by atoms with Crippen molar-refractivity contribution >= 4 is 29.5 Å². The van der Waals surface area contributed by atoms with Gasteiger partial charge >= 0.3 is 17.9 Å². The fourth-order valence-electron chi connectivity index (χ4n) is 2.10. The maximum Gasteiger partial charge on any atom is 0.303 e. The molecule has 0 radical (unpaired) electrons. The number of esters is 3. The molecule has 0 aromatic rings. The second-order valence-electron chi connectivity index (χ2n) is 4.95. The maximum absolute atomic E-state index is 11.3. The molecule has 0 N–H and O–H groups in total. The molecule has 0 bridgehead atoms. The second kappa shape index (κ2) is 6.80. The number of carbonyl (C=O) groups excluding carboxylic acids is 3. The first-order valence-corrected chi connectivity index (χ1v) is 6.84. The van der Waals surface area contributed by atoms with Crippen molar-refractivity contribution in [2.75, 3.05) is 13.7 Å². The van der Waals surface area contributed by atoms with E-state index >= 15 is 0 Å². The highest BCUT2D eigenvalue weighted by Gasteiger charge is 2.65. The fraction of sp³-hybridized carbons (Fsp3) is 0.769. The molecule has 0 spiro atoms. The lowest BCUT2D eigenvalue weighted by Gasteiger charge is -2.28. The van der Waals surface area contributed by atoms with E-state index in [9.17, 15) is 14.4 Å². The standard InChI is InChI=1S/C13H19ClO8/c1-7(15)19-6-13(14)11(21-9(3)17)10(20-8(2)16)12(4,18-5)22-13/h10-11H,6H2,1-5H3/t10-,11+,12?,13-/m1/s1. The molecule has 0 aromatic heterocycles. The summed E-state index contributed by atoms with van der Waals surface area (Å²) >= 11 is 6.32. The summed E-state index contributed by atoms with van der Waals surface area (Å²) in [5, 5.41) is -1.75. The highest BCUT2D eigenvalue weighted by molar-refractivity contribution is 6.24. The van der Waals surface area contributed by atoms with Crippen LogP contribution in [0.25, 0.3) is 0 Å². The van der Waals surface area contributed by atoms with Crippen molar-refractivity contribution in [3.8, 4) is 0 Å². The van der Waals surface area contributed by atoms with Crippen LogP contribution < -0.4 is 0 Å². The first kappa shape index (κ1) is 18.7. The molecule has 1 fully saturated rings. The van der Waals surface area contributed by atoms with Gasteiger partial charge in [0.25, 0.3) is 0 Å². The molecule has 0 aliphatic carbocycles. The quantitative estimate of drug-likeness (QED) is 0.411. The molecule has 126 valence electrons. The van der Waals surface area contributed by atoms with E-state index in [1.54, 1.807) is 0 Å². The zero-order chi connectivity index (χ0) is 17.1. The number of rotatable bonds is 5. The van der Waals surface area contributed by atoms with E-state index in [1.165, 1.54) is 27.9 Å². The number of alkyl halides is 1. The third-order valence-corrected chi connectivity index (χ3v) is 3.45. The van der Waals surface area contributed by atoms with Crippen LogP contribution in [-0.4, -0.2) is 54.7 Å². The van der Waals surface area contributed by atoms with Gasteiger partial charge < -0.3 is 23.7 Å². The van der Waals surface area contributed by atoms with Gasteiger partial charge in [0.1, 0.15) is 6.61 Å². The van der Waals surface area contributed by atoms with Crippen LogP contribution in [0.15, 0.2) is 0 Å². The summed E-state index contributed by atoms with van der Waals surface area (Å²) in [4.78, 5) is 33.6. The Morgan fingerprint density at radius 1 is 1.05 bits per heavy atom. The van der Waals surface area contributed by atoms with Crippen molar-refractivity contribution < 1.29 is 38.1 Å². The van der Waals surface area contributed by atoms with Crippen molar-refractivity contribution in [2.24, 2.45) is 0 Å². The Morgan fingerprint density at radius 3 is 1.95 bits per heavy atom. The highest BCUT2D eigenvalue weighted by atomic mass is 35.5. The Labute approximate surface area is 132 Å². The number of methoxy groups -OCH3 is 1. The molecule has 0 aromatic carbocycles. The summed E-state index contributed by atoms with van der Waals surface area (Å²) in [7, 11) is 1.32. The average Bonchev–Trinajstić information content (AvgIpc) is 2.58. The number of ether oxygens (including phenoxy) is 5. The molecule has 8 nitrogen and oxygen atoms in total. The lowest BCUT2D eigenvalue weighted by atomic mass is 10.1. The topological polar surface area (TPSA) is 97.4 Å². The molecule has 0 saturated carbocycles. The fourth-order valence-corrected chi connectivity index (χ4v) is 2.47. The molecule has 22 heavy (non-hydrogen) atoms. The van der Waals surface area contributed by atoms with Crippen LogP contribution in [0.4, 0.5) is 0 Å². The molecule has 4 atom stereocenters. The average molecular weight is 339 g/mol. The Kier molecular flexibility index (Phi) is 5.77. The minimum Gasteiger partial charge on any atom is -0.461 e. The van der Waals surface area contributed by atoms with Crippen LogP contribution in [0.3, 0.4) is 0 Å². The zero-order valence-electron chi connectivity index (χ0n) is 13.0. The predicted octanol–water partition coefficient (Wildman–Crippen LogP) is 0.741. The molecule has 1 aliphatic rings. The predicted molar refractivity (Wildman–Crippen MR) is 72.8 cm³/mol. The SMILES string of the molecule is COC1(C)O[C@](Cl)(COC(C)=O)[C@@H](OC(C)=O)[C@H]1OC(C)=O. The molecule has 1 rings (SSSR count). The van der Waals surface area contributed by atoms with Gasteiger partial charge in [0.15, 0.2) is 12.2 Å². The summed E-state index contributed by atoms with van der Waals surface area (Å²) in [6, 6.07) is 0. The van der Waals surface area contributed by atoms with E-state index in [1.807, 2.05) is 0 Å². The van der Waals surface area contributed by atoms with Gasteiger partial charge in [-0.1, -0.05) is 11.6 Å². The van der Waals surface area contributed by atoms with Crippen molar-refractivity contribution in [3.63, 3.8) is 0 Å². The lowest BCUT2D eigenvalue weighted by Crippen LogP contribution is -2.48. The van der Waals surface area contributed by atoms with E-state index < -0.39 is 47.6 Å². The number of hydrogen-bond acceptors (Lipinski definition) is 8. The lowest BCUT2D eigenvalue weighted by molar-refractivity contribution is -0.248. The largest absolute Gasteiger partial charge is 0.461 e. The van der Waals surface area contributed by atoms with Crippen LogP contribution in [-0.2, 0) is 38.1 Å². The molecular formula is C13H19ClO8. The van der Waals surface area contributed by atoms with Crippen LogP contribution >= 0.6 is 11.6 Å². The van der Waals surface area contributed by atoms with Gasteiger partial charge in [-0.2, -0.15) is 0 Å².